The maximum atomic E-state index is 13.5. The van der Waals surface area contributed by atoms with E-state index < -0.39 is 61.9 Å². The molecular weight excluding hydrogens is 560 g/mol. The highest BCUT2D eigenvalue weighted by Gasteiger charge is 2.46. The van der Waals surface area contributed by atoms with Gasteiger partial charge in [-0.1, -0.05) is 0 Å². The molecule has 14 heteroatoms. The predicted octanol–water partition coefficient (Wildman–Crippen LogP) is -0.216. The van der Waals surface area contributed by atoms with E-state index in [0.29, 0.717) is 5.56 Å². The van der Waals surface area contributed by atoms with E-state index in [1.54, 1.807) is 12.1 Å². The number of benzene rings is 2. The van der Waals surface area contributed by atoms with Crippen LogP contribution in [-0.2, 0) is 9.47 Å². The number of ketones is 1. The zero-order valence-corrected chi connectivity index (χ0v) is 23.5. The Morgan fingerprint density at radius 1 is 0.833 bits per heavy atom. The van der Waals surface area contributed by atoms with Crippen molar-refractivity contribution in [3.8, 4) is 34.5 Å². The second-order valence-electron chi connectivity index (χ2n) is 9.87. The highest BCUT2D eigenvalue weighted by Crippen LogP contribution is 2.47. The largest absolute Gasteiger partial charge is 0.502 e. The molecule has 2 aliphatic heterocycles. The number of carbonyl (C=O) groups is 1. The lowest BCUT2D eigenvalue weighted by atomic mass is 9.83. The van der Waals surface area contributed by atoms with Crippen LogP contribution in [0.3, 0.4) is 0 Å². The summed E-state index contributed by atoms with van der Waals surface area (Å²) in [6, 6.07) is 5.88. The van der Waals surface area contributed by atoms with Gasteiger partial charge in [-0.25, -0.2) is 0 Å². The Morgan fingerprint density at radius 2 is 1.40 bits per heavy atom. The van der Waals surface area contributed by atoms with Crippen LogP contribution in [0.5, 0.6) is 34.5 Å². The predicted molar refractivity (Wildman–Crippen MR) is 142 cm³/mol. The lowest BCUT2D eigenvalue weighted by molar-refractivity contribution is -0.277. The highest BCUT2D eigenvalue weighted by molar-refractivity contribution is 5.99. The van der Waals surface area contributed by atoms with Gasteiger partial charge in [0.2, 0.25) is 17.8 Å². The van der Waals surface area contributed by atoms with Gasteiger partial charge in [-0.2, -0.15) is 0 Å². The number of carbonyl (C=O) groups excluding carboxylic acids is 1. The Hall–Kier alpha value is -3.37. The summed E-state index contributed by atoms with van der Waals surface area (Å²) >= 11 is 0. The molecule has 6 N–H and O–H groups in total. The quantitative estimate of drug-likeness (QED) is 0.186. The van der Waals surface area contributed by atoms with Crippen LogP contribution in [0.4, 0.5) is 0 Å². The third kappa shape index (κ3) is 5.79. The van der Waals surface area contributed by atoms with Crippen LogP contribution in [0.2, 0.25) is 0 Å². The molecule has 2 aromatic carbocycles. The molecule has 14 nitrogen and oxygen atoms in total. The number of hydrogen-bond donors (Lipinski definition) is 6. The van der Waals surface area contributed by atoms with E-state index >= 15 is 0 Å². The smallest absolute Gasteiger partial charge is 0.229 e. The molecule has 0 unspecified atom stereocenters. The number of hydrogen-bond acceptors (Lipinski definition) is 14. The zero-order chi connectivity index (χ0) is 30.7. The van der Waals surface area contributed by atoms with E-state index in [1.165, 1.54) is 40.6 Å². The third-order valence-corrected chi connectivity index (χ3v) is 7.57. The standard InChI is InChI=1S/C28H36O14/c1-36-16-5-12(6-17(37-2)22(16)32)21(31)15-11-40-26(14(15)9-29)13-7-18(38-3)27(19(8-13)39-4)42-28-25(35)24(34)23(33)20(10-30)41-28/h5-8,14-15,20,23-26,28-30,32-35H,9-11H2,1-4H3/t14-,15-,20-,23+,24-,25+,26+,28-/m0/s1. The van der Waals surface area contributed by atoms with Gasteiger partial charge >= 0.3 is 0 Å². The molecule has 0 saturated carbocycles. The summed E-state index contributed by atoms with van der Waals surface area (Å²) in [4.78, 5) is 13.5. The van der Waals surface area contributed by atoms with Gasteiger partial charge in [-0.05, 0) is 29.8 Å². The molecule has 0 amide bonds. The SMILES string of the molecule is COc1cc(C(=O)[C@H]2CO[C@H](c3cc(OC)c(O[C@@H]4O[C@@H](CO)[C@@H](O)[C@H](O)[C@H]4O)c(OC)c3)[C@H]2CO)cc(OC)c1O. The monoisotopic (exact) mass is 596 g/mol. The van der Waals surface area contributed by atoms with Gasteiger partial charge in [0.1, 0.15) is 24.4 Å². The van der Waals surface area contributed by atoms with E-state index in [0.717, 1.165) is 0 Å². The van der Waals surface area contributed by atoms with Crippen molar-refractivity contribution in [2.45, 2.75) is 36.8 Å². The Labute approximate surface area is 241 Å². The Bertz CT molecular complexity index is 1200. The van der Waals surface area contributed by atoms with Crippen LogP contribution in [0.1, 0.15) is 22.0 Å². The van der Waals surface area contributed by atoms with Crippen molar-refractivity contribution in [3.63, 3.8) is 0 Å². The van der Waals surface area contributed by atoms with Gasteiger partial charge in [-0.3, -0.25) is 4.79 Å². The Balaban J connectivity index is 1.63. The van der Waals surface area contributed by atoms with E-state index in [9.17, 15) is 35.4 Å². The molecule has 0 aromatic heterocycles. The summed E-state index contributed by atoms with van der Waals surface area (Å²) in [6.07, 6.45) is -8.34. The second-order valence-corrected chi connectivity index (χ2v) is 9.87. The first kappa shape index (κ1) is 31.6. The van der Waals surface area contributed by atoms with Crippen molar-refractivity contribution in [2.75, 3.05) is 48.3 Å². The van der Waals surface area contributed by atoms with Crippen LogP contribution < -0.4 is 23.7 Å². The first-order chi connectivity index (χ1) is 20.1. The Kier molecular flexibility index (Phi) is 9.99. The third-order valence-electron chi connectivity index (χ3n) is 7.57. The number of rotatable bonds is 11. The summed E-state index contributed by atoms with van der Waals surface area (Å²) in [6.45, 7) is -1.06. The van der Waals surface area contributed by atoms with Crippen molar-refractivity contribution in [1.29, 1.82) is 0 Å². The fraction of sp³-hybridized carbons (Fsp3) is 0.536. The molecule has 8 atom stereocenters. The van der Waals surface area contributed by atoms with Gasteiger partial charge in [0, 0.05) is 18.1 Å². The number of aromatic hydroxyl groups is 1. The number of Topliss-reactive ketones (excluding diaryl/α,β-unsaturated/α-hetero) is 1. The maximum Gasteiger partial charge on any atom is 0.229 e. The fourth-order valence-electron chi connectivity index (χ4n) is 5.21. The average molecular weight is 597 g/mol. The molecule has 0 aliphatic carbocycles. The molecule has 0 spiro atoms. The number of phenolic OH excluding ortho intramolecular Hbond substituents is 1. The summed E-state index contributed by atoms with van der Waals surface area (Å²) in [5.41, 5.74) is 0.688. The molecule has 0 radical (unpaired) electrons. The van der Waals surface area contributed by atoms with Crippen molar-refractivity contribution >= 4 is 5.78 Å². The maximum absolute atomic E-state index is 13.5. The van der Waals surface area contributed by atoms with Gasteiger partial charge in [0.15, 0.2) is 28.8 Å². The van der Waals surface area contributed by atoms with Crippen LogP contribution in [-0.4, -0.2) is 115 Å². The van der Waals surface area contributed by atoms with Crippen molar-refractivity contribution in [2.24, 2.45) is 11.8 Å². The van der Waals surface area contributed by atoms with Crippen molar-refractivity contribution < 1.29 is 68.6 Å². The molecule has 2 aromatic rings. The fourth-order valence-corrected chi connectivity index (χ4v) is 5.21. The van der Waals surface area contributed by atoms with Gasteiger partial charge in [-0.15, -0.1) is 0 Å². The molecule has 2 aliphatic rings. The van der Waals surface area contributed by atoms with Gasteiger partial charge < -0.3 is 63.8 Å². The molecule has 0 bridgehead atoms. The van der Waals surface area contributed by atoms with Crippen LogP contribution >= 0.6 is 0 Å². The van der Waals surface area contributed by atoms with Crippen molar-refractivity contribution in [3.05, 3.63) is 35.4 Å². The van der Waals surface area contributed by atoms with E-state index in [2.05, 4.69) is 0 Å². The highest BCUT2D eigenvalue weighted by atomic mass is 16.7. The second kappa shape index (κ2) is 13.3. The van der Waals surface area contributed by atoms with Crippen LogP contribution in [0.15, 0.2) is 24.3 Å². The first-order valence-electron chi connectivity index (χ1n) is 13.1. The minimum Gasteiger partial charge on any atom is -0.502 e. The molecule has 4 rings (SSSR count). The average Bonchev–Trinajstić information content (AvgIpc) is 3.45. The minimum absolute atomic E-state index is 0.0115. The zero-order valence-electron chi connectivity index (χ0n) is 23.5. The first-order valence-corrected chi connectivity index (χ1v) is 13.1. The molecule has 2 heterocycles. The number of aliphatic hydroxyl groups excluding tert-OH is 5. The lowest BCUT2D eigenvalue weighted by Crippen LogP contribution is -2.60. The molecule has 232 valence electrons. The summed E-state index contributed by atoms with van der Waals surface area (Å²) < 4.78 is 38.6. The molecule has 2 saturated heterocycles. The van der Waals surface area contributed by atoms with Crippen LogP contribution in [0.25, 0.3) is 0 Å². The number of aliphatic hydroxyl groups is 5. The molecule has 2 fully saturated rings. The molecular formula is C28H36O14. The van der Waals surface area contributed by atoms with Crippen LogP contribution in [0, 0.1) is 11.8 Å². The van der Waals surface area contributed by atoms with E-state index in [4.69, 9.17) is 33.2 Å². The summed E-state index contributed by atoms with van der Waals surface area (Å²) in [5.74, 6) is -1.72. The minimum atomic E-state index is -1.67. The lowest BCUT2D eigenvalue weighted by Gasteiger charge is -2.39. The van der Waals surface area contributed by atoms with Crippen molar-refractivity contribution in [1.82, 2.24) is 0 Å². The Morgan fingerprint density at radius 3 is 1.90 bits per heavy atom. The normalized spacial score (nSPS) is 29.2. The van der Waals surface area contributed by atoms with E-state index in [-0.39, 0.29) is 52.5 Å². The molecule has 42 heavy (non-hydrogen) atoms. The number of phenols is 1. The summed E-state index contributed by atoms with van der Waals surface area (Å²) in [5, 5.41) is 60.7. The topological polar surface area (TPSA) is 203 Å². The summed E-state index contributed by atoms with van der Waals surface area (Å²) in [7, 11) is 5.41. The number of methoxy groups -OCH3 is 4. The number of ether oxygens (including phenoxy) is 7. The van der Waals surface area contributed by atoms with Gasteiger partial charge in [0.05, 0.1) is 53.7 Å². The van der Waals surface area contributed by atoms with Gasteiger partial charge in [0.25, 0.3) is 0 Å². The van der Waals surface area contributed by atoms with E-state index in [1.807, 2.05) is 0 Å².